The Kier molecular flexibility index (Phi) is 8.52. The summed E-state index contributed by atoms with van der Waals surface area (Å²) in [4.78, 5) is 12.6. The van der Waals surface area contributed by atoms with Crippen molar-refractivity contribution in [3.8, 4) is 5.75 Å². The minimum atomic E-state index is -3.61. The first-order valence-corrected chi connectivity index (χ1v) is 11.8. The number of rotatable bonds is 11. The molecular weight excluding hydrogens is 425 g/mol. The van der Waals surface area contributed by atoms with Gasteiger partial charge in [0, 0.05) is 12.5 Å². The van der Waals surface area contributed by atoms with E-state index in [1.54, 1.807) is 12.1 Å². The van der Waals surface area contributed by atoms with E-state index in [0.29, 0.717) is 23.7 Å². The molecule has 0 amide bonds. The average Bonchev–Trinajstić information content (AvgIpc) is 2.65. The molecule has 0 spiro atoms. The lowest BCUT2D eigenvalue weighted by molar-refractivity contribution is 0.259. The van der Waals surface area contributed by atoms with Crippen LogP contribution in [-0.4, -0.2) is 54.5 Å². The number of benzene rings is 1. The van der Waals surface area contributed by atoms with Crippen molar-refractivity contribution in [2.24, 2.45) is 5.92 Å². The van der Waals surface area contributed by atoms with Crippen molar-refractivity contribution < 1.29 is 22.7 Å². The first-order valence-electron chi connectivity index (χ1n) is 9.94. The van der Waals surface area contributed by atoms with Gasteiger partial charge in [0.25, 0.3) is 0 Å². The highest BCUT2D eigenvalue weighted by Crippen LogP contribution is 2.26. The SMILES string of the molecule is COc1ccc(C(C)Cc2nc(NC(CO)CC(C)C)nc(NS(C)(=O)=O)n2)c(F)c1. The van der Waals surface area contributed by atoms with Crippen LogP contribution in [0.4, 0.5) is 16.3 Å². The summed E-state index contributed by atoms with van der Waals surface area (Å²) in [5.74, 6) is 0.310. The van der Waals surface area contributed by atoms with E-state index in [4.69, 9.17) is 4.74 Å². The van der Waals surface area contributed by atoms with E-state index in [1.807, 2.05) is 20.8 Å². The maximum absolute atomic E-state index is 14.4. The monoisotopic (exact) mass is 455 g/mol. The minimum absolute atomic E-state index is 0.137. The third-order valence-corrected chi connectivity index (χ3v) is 5.05. The van der Waals surface area contributed by atoms with Gasteiger partial charge < -0.3 is 15.2 Å². The molecular formula is C20H30FN5O4S. The van der Waals surface area contributed by atoms with Gasteiger partial charge in [-0.2, -0.15) is 15.0 Å². The predicted molar refractivity (Wildman–Crippen MR) is 117 cm³/mol. The van der Waals surface area contributed by atoms with Crippen LogP contribution in [0.5, 0.6) is 5.75 Å². The maximum atomic E-state index is 14.4. The van der Waals surface area contributed by atoms with E-state index in [2.05, 4.69) is 25.0 Å². The molecule has 0 aliphatic carbocycles. The second kappa shape index (κ2) is 10.7. The molecule has 0 aliphatic rings. The lowest BCUT2D eigenvalue weighted by atomic mass is 9.97. The third-order valence-electron chi connectivity index (χ3n) is 4.50. The third kappa shape index (κ3) is 7.91. The van der Waals surface area contributed by atoms with Crippen LogP contribution >= 0.6 is 0 Å². The summed E-state index contributed by atoms with van der Waals surface area (Å²) < 4.78 is 45.1. The number of hydrogen-bond acceptors (Lipinski definition) is 8. The first kappa shape index (κ1) is 24.7. The van der Waals surface area contributed by atoms with Crippen molar-refractivity contribution in [1.82, 2.24) is 15.0 Å². The summed E-state index contributed by atoms with van der Waals surface area (Å²) in [6, 6.07) is 4.31. The van der Waals surface area contributed by atoms with E-state index in [9.17, 15) is 17.9 Å². The summed E-state index contributed by atoms with van der Waals surface area (Å²) in [7, 11) is -2.15. The van der Waals surface area contributed by atoms with Crippen molar-refractivity contribution in [2.75, 3.05) is 30.0 Å². The number of nitrogens with one attached hydrogen (secondary N) is 2. The maximum Gasteiger partial charge on any atom is 0.241 e. The molecule has 0 aliphatic heterocycles. The molecule has 11 heteroatoms. The summed E-state index contributed by atoms with van der Waals surface area (Å²) in [5.41, 5.74) is 0.460. The topological polar surface area (TPSA) is 126 Å². The predicted octanol–water partition coefficient (Wildman–Crippen LogP) is 2.56. The lowest BCUT2D eigenvalue weighted by Gasteiger charge is -2.19. The molecule has 0 radical (unpaired) electrons. The Morgan fingerprint density at radius 3 is 2.39 bits per heavy atom. The Labute approximate surface area is 182 Å². The van der Waals surface area contributed by atoms with Crippen LogP contribution in [-0.2, 0) is 16.4 Å². The average molecular weight is 456 g/mol. The Bertz CT molecular complexity index is 988. The quantitative estimate of drug-likeness (QED) is 0.472. The molecule has 0 bridgehead atoms. The molecule has 1 heterocycles. The minimum Gasteiger partial charge on any atom is -0.497 e. The Balaban J connectivity index is 2.33. The van der Waals surface area contributed by atoms with Gasteiger partial charge in [0.05, 0.1) is 26.0 Å². The molecule has 2 unspecified atom stereocenters. The zero-order valence-electron chi connectivity index (χ0n) is 18.4. The van der Waals surface area contributed by atoms with E-state index >= 15 is 0 Å². The molecule has 0 saturated heterocycles. The van der Waals surface area contributed by atoms with E-state index in [1.165, 1.54) is 13.2 Å². The number of hydrogen-bond donors (Lipinski definition) is 3. The van der Waals surface area contributed by atoms with Crippen molar-refractivity contribution in [3.63, 3.8) is 0 Å². The Hall–Kier alpha value is -2.53. The number of sulfonamides is 1. The van der Waals surface area contributed by atoms with Gasteiger partial charge in [-0.05, 0) is 29.9 Å². The van der Waals surface area contributed by atoms with Crippen LogP contribution in [0.2, 0.25) is 0 Å². The number of ether oxygens (including phenoxy) is 1. The summed E-state index contributed by atoms with van der Waals surface area (Å²) in [6.07, 6.45) is 1.90. The number of aromatic nitrogens is 3. The van der Waals surface area contributed by atoms with Crippen molar-refractivity contribution in [3.05, 3.63) is 35.4 Å². The highest BCUT2D eigenvalue weighted by molar-refractivity contribution is 7.91. The van der Waals surface area contributed by atoms with Crippen LogP contribution in [0.15, 0.2) is 18.2 Å². The van der Waals surface area contributed by atoms with Crippen LogP contribution in [0.25, 0.3) is 0 Å². The standard InChI is InChI=1S/C20H30FN5O4S/c1-12(2)8-14(11-27)22-19-23-18(24-20(25-19)26-31(5,28)29)9-13(3)16-7-6-15(30-4)10-17(16)21/h6-7,10,12-14,27H,8-9,11H2,1-5H3,(H2,22,23,24,25,26). The molecule has 31 heavy (non-hydrogen) atoms. The van der Waals surface area contributed by atoms with Crippen molar-refractivity contribution >= 4 is 21.9 Å². The van der Waals surface area contributed by atoms with Gasteiger partial charge in [-0.25, -0.2) is 12.8 Å². The van der Waals surface area contributed by atoms with E-state index in [0.717, 1.165) is 6.26 Å². The van der Waals surface area contributed by atoms with Gasteiger partial charge >= 0.3 is 0 Å². The summed E-state index contributed by atoms with van der Waals surface area (Å²) >= 11 is 0. The molecule has 172 valence electrons. The number of methoxy groups -OCH3 is 1. The van der Waals surface area contributed by atoms with Crippen molar-refractivity contribution in [1.29, 1.82) is 0 Å². The molecule has 0 fully saturated rings. The van der Waals surface area contributed by atoms with Gasteiger partial charge in [0.1, 0.15) is 17.4 Å². The molecule has 2 atom stereocenters. The smallest absolute Gasteiger partial charge is 0.241 e. The van der Waals surface area contributed by atoms with Gasteiger partial charge in [0.2, 0.25) is 21.9 Å². The zero-order chi connectivity index (χ0) is 23.2. The largest absolute Gasteiger partial charge is 0.497 e. The van der Waals surface area contributed by atoms with Gasteiger partial charge in [0.15, 0.2) is 0 Å². The molecule has 2 rings (SSSR count). The zero-order valence-corrected chi connectivity index (χ0v) is 19.2. The summed E-state index contributed by atoms with van der Waals surface area (Å²) in [6.45, 7) is 5.72. The van der Waals surface area contributed by atoms with Crippen LogP contribution in [0.1, 0.15) is 44.5 Å². The molecule has 0 saturated carbocycles. The molecule has 1 aromatic carbocycles. The summed E-state index contributed by atoms with van der Waals surface area (Å²) in [5, 5.41) is 12.7. The molecule has 1 aromatic heterocycles. The van der Waals surface area contributed by atoms with E-state index in [-0.39, 0.29) is 42.7 Å². The second-order valence-corrected chi connectivity index (χ2v) is 9.67. The fraction of sp³-hybridized carbons (Fsp3) is 0.550. The molecule has 3 N–H and O–H groups in total. The van der Waals surface area contributed by atoms with Crippen LogP contribution < -0.4 is 14.8 Å². The van der Waals surface area contributed by atoms with E-state index < -0.39 is 15.8 Å². The molecule has 2 aromatic rings. The second-order valence-electron chi connectivity index (χ2n) is 7.92. The Morgan fingerprint density at radius 1 is 1.16 bits per heavy atom. The molecule has 9 nitrogen and oxygen atoms in total. The highest BCUT2D eigenvalue weighted by Gasteiger charge is 2.18. The number of anilines is 2. The normalized spacial score (nSPS) is 13.7. The fourth-order valence-corrected chi connectivity index (χ4v) is 3.56. The fourth-order valence-electron chi connectivity index (χ4n) is 3.14. The Morgan fingerprint density at radius 2 is 1.84 bits per heavy atom. The van der Waals surface area contributed by atoms with Crippen molar-refractivity contribution in [2.45, 2.75) is 45.6 Å². The number of aliphatic hydroxyl groups is 1. The van der Waals surface area contributed by atoms with Crippen LogP contribution in [0.3, 0.4) is 0 Å². The number of nitrogens with zero attached hydrogens (tertiary/aromatic N) is 3. The van der Waals surface area contributed by atoms with Gasteiger partial charge in [-0.1, -0.05) is 26.8 Å². The highest BCUT2D eigenvalue weighted by atomic mass is 32.2. The van der Waals surface area contributed by atoms with Gasteiger partial charge in [-0.3, -0.25) is 4.72 Å². The number of halogens is 1. The van der Waals surface area contributed by atoms with Gasteiger partial charge in [-0.15, -0.1) is 0 Å². The first-order chi connectivity index (χ1) is 14.5. The number of aliphatic hydroxyl groups excluding tert-OH is 1. The van der Waals surface area contributed by atoms with Crippen LogP contribution in [0, 0.1) is 11.7 Å². The lowest BCUT2D eigenvalue weighted by Crippen LogP contribution is -2.27.